The fourth-order valence-electron chi connectivity index (χ4n) is 2.96. The molecule has 0 radical (unpaired) electrons. The number of carbonyl (C=O) groups is 1. The van der Waals surface area contributed by atoms with Crippen LogP contribution in [0.15, 0.2) is 76.1 Å². The van der Waals surface area contributed by atoms with Crippen molar-refractivity contribution in [2.24, 2.45) is 0 Å². The summed E-state index contributed by atoms with van der Waals surface area (Å²) in [6.07, 6.45) is -4.77. The van der Waals surface area contributed by atoms with Crippen molar-refractivity contribution < 1.29 is 26.4 Å². The highest BCUT2D eigenvalue weighted by molar-refractivity contribution is 9.10. The monoisotopic (exact) mass is 560 g/mol. The van der Waals surface area contributed by atoms with Crippen molar-refractivity contribution in [1.82, 2.24) is 0 Å². The predicted octanol–water partition coefficient (Wildman–Crippen LogP) is 6.26. The van der Waals surface area contributed by atoms with Gasteiger partial charge in [-0.15, -0.1) is 0 Å². The third-order valence-corrected chi connectivity index (χ3v) is 7.07. The van der Waals surface area contributed by atoms with Crippen LogP contribution in [0.5, 0.6) is 0 Å². The first-order chi connectivity index (χ1) is 15.4. The summed E-state index contributed by atoms with van der Waals surface area (Å²) in [6, 6.07) is 15.1. The summed E-state index contributed by atoms with van der Waals surface area (Å²) in [5.41, 5.74) is -0.673. The summed E-state index contributed by atoms with van der Waals surface area (Å²) in [5.74, 6) is -0.960. The Morgan fingerprint density at radius 3 is 2.33 bits per heavy atom. The third kappa shape index (κ3) is 6.07. The van der Waals surface area contributed by atoms with E-state index >= 15 is 0 Å². The molecule has 1 amide bonds. The molecule has 0 aliphatic carbocycles. The molecule has 0 aliphatic heterocycles. The van der Waals surface area contributed by atoms with Crippen molar-refractivity contribution in [3.63, 3.8) is 0 Å². The average Bonchev–Trinajstić information content (AvgIpc) is 2.73. The maximum atomic E-state index is 13.4. The number of halogens is 5. The molecule has 174 valence electrons. The molecule has 33 heavy (non-hydrogen) atoms. The van der Waals surface area contributed by atoms with Gasteiger partial charge in [-0.3, -0.25) is 9.10 Å². The van der Waals surface area contributed by atoms with E-state index < -0.39 is 39.9 Å². The summed E-state index contributed by atoms with van der Waals surface area (Å²) >= 11 is 8.93. The van der Waals surface area contributed by atoms with Crippen molar-refractivity contribution in [3.05, 3.63) is 87.4 Å². The standard InChI is InChI=1S/C22H17BrClF3N2O3S/c1-14-5-8-18(9-6-14)33(31,32)29(17-4-2-3-15(23)11-17)13-21(30)28-20-10-7-16(24)12-19(20)22(25,26)27/h2-12H,13H2,1H3,(H,28,30). The number of alkyl halides is 3. The molecule has 0 atom stereocenters. The highest BCUT2D eigenvalue weighted by Crippen LogP contribution is 2.36. The van der Waals surface area contributed by atoms with Crippen LogP contribution in [0.1, 0.15) is 11.1 Å². The highest BCUT2D eigenvalue weighted by Gasteiger charge is 2.35. The maximum absolute atomic E-state index is 13.4. The number of hydrogen-bond donors (Lipinski definition) is 1. The lowest BCUT2D eigenvalue weighted by molar-refractivity contribution is -0.137. The Morgan fingerprint density at radius 2 is 1.73 bits per heavy atom. The van der Waals surface area contributed by atoms with Crippen molar-refractivity contribution in [2.75, 3.05) is 16.2 Å². The summed E-state index contributed by atoms with van der Waals surface area (Å²) < 4.78 is 68.2. The van der Waals surface area contributed by atoms with Crippen LogP contribution in [-0.2, 0) is 21.0 Å². The average molecular weight is 562 g/mol. The van der Waals surface area contributed by atoms with E-state index in [-0.39, 0.29) is 15.6 Å². The molecule has 1 N–H and O–H groups in total. The normalized spacial score (nSPS) is 11.8. The topological polar surface area (TPSA) is 66.5 Å². The Bertz CT molecular complexity index is 1280. The molecular weight excluding hydrogens is 545 g/mol. The molecule has 0 saturated carbocycles. The Hall–Kier alpha value is -2.56. The first kappa shape index (κ1) is 25.1. The summed E-state index contributed by atoms with van der Waals surface area (Å²) in [5, 5.41) is 2.00. The Morgan fingerprint density at radius 1 is 1.06 bits per heavy atom. The fraction of sp³-hybridized carbons (Fsp3) is 0.136. The van der Waals surface area contributed by atoms with Crippen LogP contribution in [0.4, 0.5) is 24.5 Å². The third-order valence-electron chi connectivity index (χ3n) is 4.55. The van der Waals surface area contributed by atoms with Crippen LogP contribution in [0.3, 0.4) is 0 Å². The molecule has 0 aromatic heterocycles. The van der Waals surface area contributed by atoms with Crippen LogP contribution < -0.4 is 9.62 Å². The van der Waals surface area contributed by atoms with Gasteiger partial charge in [0.1, 0.15) is 6.54 Å². The number of nitrogens with zero attached hydrogens (tertiary/aromatic N) is 1. The number of benzene rings is 3. The zero-order chi connectivity index (χ0) is 24.4. The number of sulfonamides is 1. The van der Waals surface area contributed by atoms with E-state index in [1.807, 2.05) is 0 Å². The van der Waals surface area contributed by atoms with Crippen LogP contribution in [0, 0.1) is 6.92 Å². The molecule has 0 unspecified atom stereocenters. The number of rotatable bonds is 6. The first-order valence-corrected chi connectivity index (χ1v) is 12.0. The van der Waals surface area contributed by atoms with E-state index in [9.17, 15) is 26.4 Å². The Balaban J connectivity index is 1.98. The number of anilines is 2. The minimum Gasteiger partial charge on any atom is -0.324 e. The van der Waals surface area contributed by atoms with Gasteiger partial charge in [-0.25, -0.2) is 8.42 Å². The van der Waals surface area contributed by atoms with Crippen molar-refractivity contribution in [2.45, 2.75) is 18.0 Å². The predicted molar refractivity (Wildman–Crippen MR) is 125 cm³/mol. The fourth-order valence-corrected chi connectivity index (χ4v) is 4.94. The lowest BCUT2D eigenvalue weighted by atomic mass is 10.1. The van der Waals surface area contributed by atoms with Crippen LogP contribution in [0.25, 0.3) is 0 Å². The van der Waals surface area contributed by atoms with Gasteiger partial charge in [-0.05, 0) is 55.5 Å². The van der Waals surface area contributed by atoms with Gasteiger partial charge in [0.25, 0.3) is 10.0 Å². The quantitative estimate of drug-likeness (QED) is 0.386. The van der Waals surface area contributed by atoms with E-state index in [4.69, 9.17) is 11.6 Å². The SMILES string of the molecule is Cc1ccc(S(=O)(=O)N(CC(=O)Nc2ccc(Cl)cc2C(F)(F)F)c2cccc(Br)c2)cc1. The van der Waals surface area contributed by atoms with Crippen LogP contribution in [-0.4, -0.2) is 20.9 Å². The molecule has 11 heteroatoms. The molecule has 0 heterocycles. The van der Waals surface area contributed by atoms with Crippen LogP contribution >= 0.6 is 27.5 Å². The van der Waals surface area contributed by atoms with Gasteiger partial charge in [0.15, 0.2) is 0 Å². The molecule has 5 nitrogen and oxygen atoms in total. The zero-order valence-corrected chi connectivity index (χ0v) is 20.2. The molecule has 3 rings (SSSR count). The van der Waals surface area contributed by atoms with E-state index in [0.29, 0.717) is 10.5 Å². The number of nitrogens with one attached hydrogen (secondary N) is 1. The second kappa shape index (κ2) is 9.74. The van der Waals surface area contributed by atoms with Gasteiger partial charge in [0.2, 0.25) is 5.91 Å². The lowest BCUT2D eigenvalue weighted by Gasteiger charge is -2.25. The van der Waals surface area contributed by atoms with E-state index in [2.05, 4.69) is 21.2 Å². The molecule has 0 fully saturated rings. The molecule has 0 bridgehead atoms. The number of hydrogen-bond acceptors (Lipinski definition) is 3. The van der Waals surface area contributed by atoms with Gasteiger partial charge in [-0.2, -0.15) is 13.2 Å². The van der Waals surface area contributed by atoms with E-state index in [1.165, 1.54) is 30.3 Å². The number of amides is 1. The van der Waals surface area contributed by atoms with E-state index in [0.717, 1.165) is 15.9 Å². The number of aryl methyl sites for hydroxylation is 1. The Labute approximate surface area is 202 Å². The smallest absolute Gasteiger partial charge is 0.324 e. The number of carbonyl (C=O) groups excluding carboxylic acids is 1. The Kier molecular flexibility index (Phi) is 7.40. The molecule has 3 aromatic rings. The molecular formula is C22H17BrClF3N2O3S. The van der Waals surface area contributed by atoms with Gasteiger partial charge < -0.3 is 5.32 Å². The molecule has 0 spiro atoms. The van der Waals surface area contributed by atoms with Crippen molar-refractivity contribution >= 4 is 54.8 Å². The van der Waals surface area contributed by atoms with Gasteiger partial charge in [0.05, 0.1) is 21.8 Å². The summed E-state index contributed by atoms with van der Waals surface area (Å²) in [4.78, 5) is 12.7. The molecule has 3 aromatic carbocycles. The highest BCUT2D eigenvalue weighted by atomic mass is 79.9. The van der Waals surface area contributed by atoms with Gasteiger partial charge >= 0.3 is 6.18 Å². The molecule has 0 aliphatic rings. The largest absolute Gasteiger partial charge is 0.418 e. The maximum Gasteiger partial charge on any atom is 0.418 e. The first-order valence-electron chi connectivity index (χ1n) is 9.39. The van der Waals surface area contributed by atoms with Crippen LogP contribution in [0.2, 0.25) is 5.02 Å². The van der Waals surface area contributed by atoms with Crippen molar-refractivity contribution in [1.29, 1.82) is 0 Å². The zero-order valence-electron chi connectivity index (χ0n) is 17.0. The van der Waals surface area contributed by atoms with Crippen molar-refractivity contribution in [3.8, 4) is 0 Å². The van der Waals surface area contributed by atoms with E-state index in [1.54, 1.807) is 31.2 Å². The van der Waals surface area contributed by atoms with Gasteiger partial charge in [-0.1, -0.05) is 51.3 Å². The summed E-state index contributed by atoms with van der Waals surface area (Å²) in [7, 11) is -4.21. The second-order valence-electron chi connectivity index (χ2n) is 7.04. The van der Waals surface area contributed by atoms with Gasteiger partial charge in [0, 0.05) is 9.50 Å². The molecule has 0 saturated heterocycles. The minimum absolute atomic E-state index is 0.0663. The summed E-state index contributed by atoms with van der Waals surface area (Å²) in [6.45, 7) is 1.03. The second-order valence-corrected chi connectivity index (χ2v) is 10.3. The lowest BCUT2D eigenvalue weighted by Crippen LogP contribution is -2.38. The minimum atomic E-state index is -4.77.